The Labute approximate surface area is 98.5 Å². The van der Waals surface area contributed by atoms with Crippen molar-refractivity contribution in [2.75, 3.05) is 0 Å². The van der Waals surface area contributed by atoms with Gasteiger partial charge in [-0.25, -0.2) is 9.97 Å². The molecule has 0 saturated heterocycles. The van der Waals surface area contributed by atoms with E-state index in [1.165, 1.54) is 6.20 Å². The second-order valence-electron chi connectivity index (χ2n) is 2.76. The number of pyridine rings is 1. The minimum Gasteiger partial charge on any atom is -0.328 e. The summed E-state index contributed by atoms with van der Waals surface area (Å²) in [5, 5.41) is 0.0971. The Morgan fingerprint density at radius 3 is 2.67 bits per heavy atom. The molecule has 76 valence electrons. The number of halogens is 2. The van der Waals surface area contributed by atoms with Crippen LogP contribution in [0.1, 0.15) is 0 Å². The Kier molecular flexibility index (Phi) is 2.83. The molecule has 0 amide bonds. The van der Waals surface area contributed by atoms with E-state index in [0.29, 0.717) is 11.4 Å². The fourth-order valence-corrected chi connectivity index (χ4v) is 1.49. The van der Waals surface area contributed by atoms with E-state index in [2.05, 4.69) is 30.9 Å². The average Bonchev–Trinajstić information content (AvgIpc) is 2.24. The van der Waals surface area contributed by atoms with E-state index >= 15 is 0 Å². The Bertz CT molecular complexity index is 538. The number of hydrogen-bond acceptors (Lipinski definition) is 3. The third-order valence-corrected chi connectivity index (χ3v) is 2.55. The lowest BCUT2D eigenvalue weighted by Gasteiger charge is -2.00. The third-order valence-electron chi connectivity index (χ3n) is 1.76. The first-order valence-corrected chi connectivity index (χ1v) is 5.20. The van der Waals surface area contributed by atoms with Gasteiger partial charge >= 0.3 is 0 Å². The highest BCUT2D eigenvalue weighted by atomic mass is 79.9. The monoisotopic (exact) mass is 285 g/mol. The van der Waals surface area contributed by atoms with Crippen LogP contribution in [0.2, 0.25) is 5.02 Å². The van der Waals surface area contributed by atoms with Crippen molar-refractivity contribution in [3.63, 3.8) is 0 Å². The maximum Gasteiger partial charge on any atom is 0.267 e. The molecule has 4 nitrogen and oxygen atoms in total. The Morgan fingerprint density at radius 2 is 2.00 bits per heavy atom. The molecule has 0 aliphatic carbocycles. The topological polar surface area (TPSA) is 58.6 Å². The minimum absolute atomic E-state index is 0.0971. The molecular formula is C9H5BrClN3O. The highest BCUT2D eigenvalue weighted by molar-refractivity contribution is 9.10. The zero-order valence-corrected chi connectivity index (χ0v) is 9.71. The fraction of sp³-hybridized carbons (Fsp3) is 0. The Hall–Kier alpha value is -1.20. The molecule has 2 heterocycles. The molecule has 6 heteroatoms. The summed E-state index contributed by atoms with van der Waals surface area (Å²) in [5.74, 6) is 0.425. The van der Waals surface area contributed by atoms with Gasteiger partial charge in [0.1, 0.15) is 5.02 Å². The van der Waals surface area contributed by atoms with Crippen molar-refractivity contribution in [3.8, 4) is 11.4 Å². The van der Waals surface area contributed by atoms with Crippen molar-refractivity contribution in [1.29, 1.82) is 0 Å². The summed E-state index contributed by atoms with van der Waals surface area (Å²) in [6.07, 6.45) is 4.70. The van der Waals surface area contributed by atoms with Crippen LogP contribution in [0.15, 0.2) is 33.9 Å². The molecule has 2 aromatic rings. The second-order valence-corrected chi connectivity index (χ2v) is 4.05. The van der Waals surface area contributed by atoms with Crippen LogP contribution in [0, 0.1) is 0 Å². The van der Waals surface area contributed by atoms with Gasteiger partial charge in [-0.05, 0) is 22.0 Å². The summed E-state index contributed by atoms with van der Waals surface area (Å²) in [6.45, 7) is 0. The van der Waals surface area contributed by atoms with Gasteiger partial charge in [0, 0.05) is 24.2 Å². The summed E-state index contributed by atoms with van der Waals surface area (Å²) in [4.78, 5) is 21.8. The molecule has 0 spiro atoms. The second kappa shape index (κ2) is 4.12. The number of H-pyrrole nitrogens is 1. The third kappa shape index (κ3) is 2.08. The Morgan fingerprint density at radius 1 is 1.33 bits per heavy atom. The average molecular weight is 287 g/mol. The molecule has 2 rings (SSSR count). The summed E-state index contributed by atoms with van der Waals surface area (Å²) >= 11 is 9.06. The first kappa shape index (κ1) is 10.3. The van der Waals surface area contributed by atoms with Crippen molar-refractivity contribution < 1.29 is 0 Å². The molecule has 15 heavy (non-hydrogen) atoms. The molecule has 0 unspecified atom stereocenters. The van der Waals surface area contributed by atoms with Gasteiger partial charge in [-0.3, -0.25) is 4.79 Å². The zero-order valence-electron chi connectivity index (χ0n) is 7.37. The van der Waals surface area contributed by atoms with E-state index in [1.54, 1.807) is 18.5 Å². The maximum atomic E-state index is 11.2. The predicted molar refractivity (Wildman–Crippen MR) is 60.8 cm³/mol. The molecule has 0 aliphatic heterocycles. The number of nitrogens with one attached hydrogen (secondary N) is 1. The van der Waals surface area contributed by atoms with Gasteiger partial charge in [-0.1, -0.05) is 11.6 Å². The van der Waals surface area contributed by atoms with Crippen molar-refractivity contribution in [1.82, 2.24) is 15.0 Å². The first-order chi connectivity index (χ1) is 7.18. The number of nitrogens with zero attached hydrogens (tertiary/aromatic N) is 2. The zero-order chi connectivity index (χ0) is 10.8. The lowest BCUT2D eigenvalue weighted by atomic mass is 10.2. The Balaban J connectivity index is 2.59. The molecule has 2 aromatic heterocycles. The highest BCUT2D eigenvalue weighted by Crippen LogP contribution is 2.20. The number of aromatic amines is 1. The summed E-state index contributed by atoms with van der Waals surface area (Å²) < 4.78 is 0.771. The van der Waals surface area contributed by atoms with E-state index in [9.17, 15) is 4.79 Å². The van der Waals surface area contributed by atoms with Crippen molar-refractivity contribution >= 4 is 27.5 Å². The van der Waals surface area contributed by atoms with E-state index in [-0.39, 0.29) is 10.6 Å². The molecule has 0 atom stereocenters. The van der Waals surface area contributed by atoms with Gasteiger partial charge in [0.15, 0.2) is 5.82 Å². The largest absolute Gasteiger partial charge is 0.328 e. The van der Waals surface area contributed by atoms with Crippen LogP contribution in [-0.2, 0) is 0 Å². The fourth-order valence-electron chi connectivity index (χ4n) is 1.08. The molecule has 0 aliphatic rings. The summed E-state index contributed by atoms with van der Waals surface area (Å²) in [6, 6.07) is 1.66. The lowest BCUT2D eigenvalue weighted by molar-refractivity contribution is 1.14. The molecule has 0 radical (unpaired) electrons. The van der Waals surface area contributed by atoms with Crippen molar-refractivity contribution in [3.05, 3.63) is 44.5 Å². The van der Waals surface area contributed by atoms with Crippen LogP contribution < -0.4 is 5.56 Å². The summed E-state index contributed by atoms with van der Waals surface area (Å²) in [7, 11) is 0. The van der Waals surface area contributed by atoms with Crippen LogP contribution in [0.3, 0.4) is 0 Å². The van der Waals surface area contributed by atoms with E-state index in [0.717, 1.165) is 4.47 Å². The van der Waals surface area contributed by atoms with Gasteiger partial charge in [-0.2, -0.15) is 0 Å². The molecule has 0 fully saturated rings. The minimum atomic E-state index is -0.347. The van der Waals surface area contributed by atoms with E-state index in [1.807, 2.05) is 0 Å². The molecule has 1 N–H and O–H groups in total. The summed E-state index contributed by atoms with van der Waals surface area (Å²) in [5.41, 5.74) is 0.175. The highest BCUT2D eigenvalue weighted by Gasteiger charge is 2.08. The van der Waals surface area contributed by atoms with Gasteiger partial charge in [-0.15, -0.1) is 0 Å². The van der Waals surface area contributed by atoms with Crippen LogP contribution in [-0.4, -0.2) is 15.0 Å². The van der Waals surface area contributed by atoms with Gasteiger partial charge in [0.25, 0.3) is 5.56 Å². The quantitative estimate of drug-likeness (QED) is 0.874. The van der Waals surface area contributed by atoms with E-state index in [4.69, 9.17) is 11.6 Å². The van der Waals surface area contributed by atoms with Crippen LogP contribution in [0.4, 0.5) is 0 Å². The number of rotatable bonds is 1. The van der Waals surface area contributed by atoms with Gasteiger partial charge in [0.05, 0.1) is 4.47 Å². The smallest absolute Gasteiger partial charge is 0.267 e. The van der Waals surface area contributed by atoms with E-state index < -0.39 is 0 Å². The van der Waals surface area contributed by atoms with Crippen LogP contribution >= 0.6 is 27.5 Å². The number of hydrogen-bond donors (Lipinski definition) is 1. The predicted octanol–water partition coefficient (Wildman–Crippen LogP) is 2.25. The lowest BCUT2D eigenvalue weighted by Crippen LogP contribution is -2.06. The van der Waals surface area contributed by atoms with Crippen molar-refractivity contribution in [2.24, 2.45) is 0 Å². The van der Waals surface area contributed by atoms with Crippen LogP contribution in [0.25, 0.3) is 11.4 Å². The van der Waals surface area contributed by atoms with Gasteiger partial charge < -0.3 is 4.98 Å². The van der Waals surface area contributed by atoms with Gasteiger partial charge in [0.2, 0.25) is 0 Å². The maximum absolute atomic E-state index is 11.2. The normalized spacial score (nSPS) is 10.3. The number of aromatic nitrogens is 3. The molecule has 0 aromatic carbocycles. The molecule has 0 bridgehead atoms. The standard InChI is InChI=1S/C9H5BrClN3O/c10-5-3-13-8(14-4-5)6-1-2-12-9(15)7(6)11/h1-4H,(H,12,15). The van der Waals surface area contributed by atoms with Crippen LogP contribution in [0.5, 0.6) is 0 Å². The van der Waals surface area contributed by atoms with Crippen molar-refractivity contribution in [2.45, 2.75) is 0 Å². The molecular weight excluding hydrogens is 281 g/mol. The first-order valence-electron chi connectivity index (χ1n) is 4.03. The molecule has 0 saturated carbocycles. The SMILES string of the molecule is O=c1[nH]ccc(-c2ncc(Br)cn2)c1Cl.